The Bertz CT molecular complexity index is 554. The van der Waals surface area contributed by atoms with Crippen molar-refractivity contribution in [2.75, 3.05) is 0 Å². The molecular formula is C12H12Br2FN3. The summed E-state index contributed by atoms with van der Waals surface area (Å²) in [7, 11) is 0. The minimum atomic E-state index is -0.302. The van der Waals surface area contributed by atoms with Crippen LogP contribution in [-0.4, -0.2) is 14.8 Å². The van der Waals surface area contributed by atoms with E-state index < -0.39 is 0 Å². The van der Waals surface area contributed by atoms with Crippen LogP contribution in [-0.2, 0) is 11.9 Å². The molecule has 0 bridgehead atoms. The van der Waals surface area contributed by atoms with Crippen LogP contribution in [0.1, 0.15) is 19.2 Å². The number of hydrogen-bond donors (Lipinski definition) is 0. The lowest BCUT2D eigenvalue weighted by molar-refractivity contribution is 0.616. The standard InChI is InChI=1S/C12H12Br2FN3/c1-2-6-18-10(7-13)16-17-12(18)8-4-3-5-9(14)11(8)15/h3-5H,2,6-7H2,1H3. The van der Waals surface area contributed by atoms with E-state index in [1.807, 2.05) is 4.57 Å². The first-order valence-electron chi connectivity index (χ1n) is 5.61. The summed E-state index contributed by atoms with van der Waals surface area (Å²) in [4.78, 5) is 0. The summed E-state index contributed by atoms with van der Waals surface area (Å²) in [6, 6.07) is 5.18. The molecule has 3 nitrogen and oxygen atoms in total. The molecule has 0 fully saturated rings. The molecule has 1 aromatic heterocycles. The number of halogens is 3. The summed E-state index contributed by atoms with van der Waals surface area (Å²) in [5.41, 5.74) is 0.470. The lowest BCUT2D eigenvalue weighted by Gasteiger charge is -2.09. The first-order valence-corrected chi connectivity index (χ1v) is 7.53. The first-order chi connectivity index (χ1) is 8.69. The predicted molar refractivity (Wildman–Crippen MR) is 76.0 cm³/mol. The Morgan fingerprint density at radius 2 is 2.11 bits per heavy atom. The molecule has 0 amide bonds. The Kier molecular flexibility index (Phi) is 4.50. The third kappa shape index (κ3) is 2.49. The predicted octanol–water partition coefficient (Wildman–Crippen LogP) is 4.15. The number of hydrogen-bond acceptors (Lipinski definition) is 2. The minimum absolute atomic E-state index is 0.302. The molecule has 0 aliphatic rings. The summed E-state index contributed by atoms with van der Waals surface area (Å²) in [6.07, 6.45) is 0.945. The van der Waals surface area contributed by atoms with Crippen molar-refractivity contribution in [2.45, 2.75) is 25.2 Å². The number of aromatic nitrogens is 3. The van der Waals surface area contributed by atoms with Crippen LogP contribution in [0.3, 0.4) is 0 Å². The van der Waals surface area contributed by atoms with Gasteiger partial charge >= 0.3 is 0 Å². The molecule has 0 atom stereocenters. The van der Waals surface area contributed by atoms with Gasteiger partial charge in [0.15, 0.2) is 5.82 Å². The van der Waals surface area contributed by atoms with E-state index in [2.05, 4.69) is 49.0 Å². The third-order valence-corrected chi connectivity index (χ3v) is 3.70. The molecule has 1 heterocycles. The van der Waals surface area contributed by atoms with Gasteiger partial charge in [-0.05, 0) is 34.5 Å². The normalized spacial score (nSPS) is 10.9. The zero-order valence-corrected chi connectivity index (χ0v) is 13.0. The van der Waals surface area contributed by atoms with Gasteiger partial charge in [-0.3, -0.25) is 0 Å². The third-order valence-electron chi connectivity index (χ3n) is 2.59. The fourth-order valence-electron chi connectivity index (χ4n) is 1.77. The fraction of sp³-hybridized carbons (Fsp3) is 0.333. The van der Waals surface area contributed by atoms with Gasteiger partial charge in [0.1, 0.15) is 11.6 Å². The van der Waals surface area contributed by atoms with Crippen LogP contribution in [0.15, 0.2) is 22.7 Å². The molecule has 1 aromatic carbocycles. The molecule has 18 heavy (non-hydrogen) atoms. The molecule has 0 unspecified atom stereocenters. The smallest absolute Gasteiger partial charge is 0.166 e. The Balaban J connectivity index is 2.56. The van der Waals surface area contributed by atoms with Gasteiger partial charge in [0, 0.05) is 6.54 Å². The van der Waals surface area contributed by atoms with Gasteiger partial charge in [0.2, 0.25) is 0 Å². The van der Waals surface area contributed by atoms with Crippen molar-refractivity contribution in [1.82, 2.24) is 14.8 Å². The van der Waals surface area contributed by atoms with Crippen LogP contribution in [0.4, 0.5) is 4.39 Å². The Morgan fingerprint density at radius 1 is 1.33 bits per heavy atom. The van der Waals surface area contributed by atoms with Crippen molar-refractivity contribution in [2.24, 2.45) is 0 Å². The minimum Gasteiger partial charge on any atom is -0.310 e. The number of nitrogens with zero attached hydrogens (tertiary/aromatic N) is 3. The van der Waals surface area contributed by atoms with Crippen molar-refractivity contribution in [1.29, 1.82) is 0 Å². The van der Waals surface area contributed by atoms with E-state index in [9.17, 15) is 4.39 Å². The van der Waals surface area contributed by atoms with E-state index in [-0.39, 0.29) is 5.82 Å². The van der Waals surface area contributed by atoms with Crippen molar-refractivity contribution < 1.29 is 4.39 Å². The van der Waals surface area contributed by atoms with Crippen LogP contribution in [0.25, 0.3) is 11.4 Å². The second kappa shape index (κ2) is 5.93. The van der Waals surface area contributed by atoms with Crippen LogP contribution in [0, 0.1) is 5.82 Å². The van der Waals surface area contributed by atoms with Gasteiger partial charge in [0.25, 0.3) is 0 Å². The zero-order valence-electron chi connectivity index (χ0n) is 9.83. The maximum Gasteiger partial charge on any atom is 0.166 e. The zero-order chi connectivity index (χ0) is 13.1. The van der Waals surface area contributed by atoms with Crippen LogP contribution in [0.2, 0.25) is 0 Å². The number of rotatable bonds is 4. The Hall–Kier alpha value is -0.750. The quantitative estimate of drug-likeness (QED) is 0.750. The van der Waals surface area contributed by atoms with Crippen molar-refractivity contribution in [3.63, 3.8) is 0 Å². The topological polar surface area (TPSA) is 30.7 Å². The lowest BCUT2D eigenvalue weighted by Crippen LogP contribution is -2.04. The monoisotopic (exact) mass is 375 g/mol. The van der Waals surface area contributed by atoms with E-state index >= 15 is 0 Å². The molecule has 96 valence electrons. The second-order valence-corrected chi connectivity index (χ2v) is 5.24. The summed E-state index contributed by atoms with van der Waals surface area (Å²) >= 11 is 6.56. The second-order valence-electron chi connectivity index (χ2n) is 3.83. The highest BCUT2D eigenvalue weighted by Gasteiger charge is 2.16. The average molecular weight is 377 g/mol. The largest absolute Gasteiger partial charge is 0.310 e. The number of benzene rings is 1. The van der Waals surface area contributed by atoms with Crippen molar-refractivity contribution in [3.05, 3.63) is 34.3 Å². The van der Waals surface area contributed by atoms with Gasteiger partial charge in [-0.1, -0.05) is 28.9 Å². The molecular weight excluding hydrogens is 365 g/mol. The van der Waals surface area contributed by atoms with E-state index in [1.54, 1.807) is 18.2 Å². The molecule has 0 radical (unpaired) electrons. The SMILES string of the molecule is CCCn1c(CBr)nnc1-c1cccc(Br)c1F. The molecule has 0 aliphatic carbocycles. The molecule has 2 rings (SSSR count). The van der Waals surface area contributed by atoms with Crippen molar-refractivity contribution in [3.8, 4) is 11.4 Å². The molecule has 0 N–H and O–H groups in total. The lowest BCUT2D eigenvalue weighted by atomic mass is 10.2. The van der Waals surface area contributed by atoms with Crippen LogP contribution in [0.5, 0.6) is 0 Å². The average Bonchev–Trinajstić information content (AvgIpc) is 2.76. The van der Waals surface area contributed by atoms with Crippen molar-refractivity contribution >= 4 is 31.9 Å². The van der Waals surface area contributed by atoms with E-state index in [0.717, 1.165) is 18.8 Å². The summed E-state index contributed by atoms with van der Waals surface area (Å²) in [5, 5.41) is 8.79. The molecule has 0 aliphatic heterocycles. The van der Waals surface area contributed by atoms with Crippen LogP contribution < -0.4 is 0 Å². The Labute approximate surface area is 122 Å². The highest BCUT2D eigenvalue weighted by molar-refractivity contribution is 9.10. The van der Waals surface area contributed by atoms with Crippen LogP contribution >= 0.6 is 31.9 Å². The summed E-state index contributed by atoms with van der Waals surface area (Å²) in [5.74, 6) is 1.08. The molecule has 6 heteroatoms. The fourth-order valence-corrected chi connectivity index (χ4v) is 2.55. The van der Waals surface area contributed by atoms with E-state index in [1.165, 1.54) is 0 Å². The highest BCUT2D eigenvalue weighted by Crippen LogP contribution is 2.27. The van der Waals surface area contributed by atoms with Gasteiger partial charge in [-0.25, -0.2) is 4.39 Å². The maximum atomic E-state index is 14.1. The van der Waals surface area contributed by atoms with Gasteiger partial charge < -0.3 is 4.57 Å². The number of alkyl halides is 1. The van der Waals surface area contributed by atoms with E-state index in [4.69, 9.17) is 0 Å². The highest BCUT2D eigenvalue weighted by atomic mass is 79.9. The first kappa shape index (κ1) is 13.7. The van der Waals surface area contributed by atoms with Gasteiger partial charge in [-0.15, -0.1) is 10.2 Å². The Morgan fingerprint density at radius 3 is 2.78 bits per heavy atom. The summed E-state index contributed by atoms with van der Waals surface area (Å²) in [6.45, 7) is 2.84. The summed E-state index contributed by atoms with van der Waals surface area (Å²) < 4.78 is 16.5. The molecule has 0 saturated heterocycles. The maximum absolute atomic E-state index is 14.1. The van der Waals surface area contributed by atoms with Gasteiger partial charge in [0.05, 0.1) is 15.4 Å². The van der Waals surface area contributed by atoms with Gasteiger partial charge in [-0.2, -0.15) is 0 Å². The molecule has 0 saturated carbocycles. The molecule has 0 spiro atoms. The molecule has 2 aromatic rings. The van der Waals surface area contributed by atoms with E-state index in [0.29, 0.717) is 21.2 Å².